The van der Waals surface area contributed by atoms with Crippen molar-refractivity contribution in [2.24, 2.45) is 5.92 Å². The fourth-order valence-corrected chi connectivity index (χ4v) is 2.84. The molecule has 7 heteroatoms. The minimum absolute atomic E-state index is 0.0299. The first-order valence-corrected chi connectivity index (χ1v) is 7.05. The number of hydrogen-bond donors (Lipinski definition) is 1. The number of aliphatic carboxylic acids is 1. The molecule has 0 aliphatic carbocycles. The minimum atomic E-state index is -3.47. The topological polar surface area (TPSA) is 83.9 Å². The first-order chi connectivity index (χ1) is 7.74. The lowest BCUT2D eigenvalue weighted by Crippen LogP contribution is -2.38. The number of nitrogens with zero attached hydrogens (tertiary/aromatic N) is 1. The Kier molecular flexibility index (Phi) is 6.66. The Bertz CT molecular complexity index is 337. The van der Waals surface area contributed by atoms with E-state index in [0.717, 1.165) is 4.31 Å². The zero-order valence-corrected chi connectivity index (χ0v) is 11.5. The van der Waals surface area contributed by atoms with Gasteiger partial charge in [-0.15, -0.1) is 0 Å². The fourth-order valence-electron chi connectivity index (χ4n) is 1.29. The van der Waals surface area contributed by atoms with Gasteiger partial charge in [0.25, 0.3) is 0 Å². The van der Waals surface area contributed by atoms with Crippen LogP contribution in [0.15, 0.2) is 0 Å². The van der Waals surface area contributed by atoms with Gasteiger partial charge in [0.2, 0.25) is 10.0 Å². The molecule has 2 atom stereocenters. The summed E-state index contributed by atoms with van der Waals surface area (Å²) >= 11 is 0. The molecule has 102 valence electrons. The number of carboxylic acid groups (broad SMARTS) is 1. The Labute approximate surface area is 103 Å². The van der Waals surface area contributed by atoms with Crippen molar-refractivity contribution in [3.63, 3.8) is 0 Å². The third kappa shape index (κ3) is 5.47. The summed E-state index contributed by atoms with van der Waals surface area (Å²) in [6.07, 6.45) is 0.237. The van der Waals surface area contributed by atoms with Crippen molar-refractivity contribution in [2.45, 2.75) is 26.4 Å². The molecule has 2 unspecified atom stereocenters. The molecule has 0 saturated carbocycles. The first-order valence-electron chi connectivity index (χ1n) is 5.44. The normalized spacial score (nSPS) is 15.8. The SMILES string of the molecule is CCC(CS(=O)(=O)N(C)CC(C)C(=O)O)OC. The van der Waals surface area contributed by atoms with Gasteiger partial charge >= 0.3 is 5.97 Å². The van der Waals surface area contributed by atoms with Crippen molar-refractivity contribution in [1.82, 2.24) is 4.31 Å². The molecular weight excluding hydrogens is 246 g/mol. The van der Waals surface area contributed by atoms with Crippen molar-refractivity contribution < 1.29 is 23.1 Å². The van der Waals surface area contributed by atoms with Crippen LogP contribution in [0.5, 0.6) is 0 Å². The number of carboxylic acids is 1. The Morgan fingerprint density at radius 1 is 1.47 bits per heavy atom. The molecular formula is C10H21NO5S. The van der Waals surface area contributed by atoms with Crippen LogP contribution in [0.3, 0.4) is 0 Å². The Morgan fingerprint density at radius 3 is 2.35 bits per heavy atom. The van der Waals surface area contributed by atoms with Crippen LogP contribution in [0.25, 0.3) is 0 Å². The van der Waals surface area contributed by atoms with Gasteiger partial charge in [-0.1, -0.05) is 13.8 Å². The lowest BCUT2D eigenvalue weighted by molar-refractivity contribution is -0.141. The average Bonchev–Trinajstić information content (AvgIpc) is 2.25. The van der Waals surface area contributed by atoms with Gasteiger partial charge in [0, 0.05) is 20.7 Å². The molecule has 0 radical (unpaired) electrons. The highest BCUT2D eigenvalue weighted by atomic mass is 32.2. The van der Waals surface area contributed by atoms with Gasteiger partial charge in [0.15, 0.2) is 0 Å². The van der Waals surface area contributed by atoms with E-state index in [9.17, 15) is 13.2 Å². The molecule has 0 aliphatic rings. The van der Waals surface area contributed by atoms with Crippen LogP contribution in [0.2, 0.25) is 0 Å². The lowest BCUT2D eigenvalue weighted by Gasteiger charge is -2.21. The van der Waals surface area contributed by atoms with Gasteiger partial charge in [-0.3, -0.25) is 4.79 Å². The second-order valence-corrected chi connectivity index (χ2v) is 6.18. The zero-order valence-electron chi connectivity index (χ0n) is 10.7. The monoisotopic (exact) mass is 267 g/mol. The van der Waals surface area contributed by atoms with Crippen LogP contribution in [-0.4, -0.2) is 56.4 Å². The Balaban J connectivity index is 4.55. The summed E-state index contributed by atoms with van der Waals surface area (Å²) in [5, 5.41) is 8.72. The number of sulfonamides is 1. The number of methoxy groups -OCH3 is 1. The number of hydrogen-bond acceptors (Lipinski definition) is 4. The van der Waals surface area contributed by atoms with Crippen LogP contribution < -0.4 is 0 Å². The molecule has 0 rings (SSSR count). The van der Waals surface area contributed by atoms with Gasteiger partial charge < -0.3 is 9.84 Å². The number of rotatable bonds is 8. The van der Waals surface area contributed by atoms with Gasteiger partial charge in [-0.2, -0.15) is 0 Å². The molecule has 0 heterocycles. The first kappa shape index (κ1) is 16.3. The molecule has 0 amide bonds. The predicted octanol–water partition coefficient (Wildman–Crippen LogP) is 0.394. The maximum Gasteiger partial charge on any atom is 0.307 e. The summed E-state index contributed by atoms with van der Waals surface area (Å²) in [5.41, 5.74) is 0. The maximum absolute atomic E-state index is 11.9. The predicted molar refractivity (Wildman–Crippen MR) is 64.3 cm³/mol. The lowest BCUT2D eigenvalue weighted by atomic mass is 10.2. The van der Waals surface area contributed by atoms with Crippen LogP contribution in [0, 0.1) is 5.92 Å². The molecule has 0 fully saturated rings. The molecule has 17 heavy (non-hydrogen) atoms. The van der Waals surface area contributed by atoms with Crippen LogP contribution in [0.1, 0.15) is 20.3 Å². The van der Waals surface area contributed by atoms with Crippen molar-refractivity contribution in [1.29, 1.82) is 0 Å². The maximum atomic E-state index is 11.9. The summed E-state index contributed by atoms with van der Waals surface area (Å²) in [6, 6.07) is 0. The van der Waals surface area contributed by atoms with Crippen LogP contribution in [0.4, 0.5) is 0 Å². The number of carbonyl (C=O) groups is 1. The molecule has 1 N–H and O–H groups in total. The molecule has 0 bridgehead atoms. The second-order valence-electron chi connectivity index (χ2n) is 4.06. The molecule has 0 aromatic heterocycles. The van der Waals surface area contributed by atoms with E-state index in [1.165, 1.54) is 21.1 Å². The smallest absolute Gasteiger partial charge is 0.307 e. The quantitative estimate of drug-likeness (QED) is 0.688. The third-order valence-electron chi connectivity index (χ3n) is 2.61. The summed E-state index contributed by atoms with van der Waals surface area (Å²) in [7, 11) is -0.619. The van der Waals surface area contributed by atoms with E-state index in [1.54, 1.807) is 0 Å². The third-order valence-corrected chi connectivity index (χ3v) is 4.50. The fraction of sp³-hybridized carbons (Fsp3) is 0.900. The number of ether oxygens (including phenoxy) is 1. The molecule has 0 spiro atoms. The van der Waals surface area contributed by atoms with Crippen molar-refractivity contribution in [3.05, 3.63) is 0 Å². The minimum Gasteiger partial charge on any atom is -0.481 e. The summed E-state index contributed by atoms with van der Waals surface area (Å²) in [5.74, 6) is -1.86. The van der Waals surface area contributed by atoms with Crippen molar-refractivity contribution in [3.8, 4) is 0 Å². The average molecular weight is 267 g/mol. The zero-order chi connectivity index (χ0) is 13.6. The Morgan fingerprint density at radius 2 is 2.00 bits per heavy atom. The van der Waals surface area contributed by atoms with Crippen molar-refractivity contribution in [2.75, 3.05) is 26.5 Å². The van der Waals surface area contributed by atoms with Gasteiger partial charge in [0.05, 0.1) is 17.8 Å². The summed E-state index contributed by atoms with van der Waals surface area (Å²) < 4.78 is 29.8. The summed E-state index contributed by atoms with van der Waals surface area (Å²) in [4.78, 5) is 10.7. The molecule has 0 aliphatic heterocycles. The van der Waals surface area contributed by atoms with Gasteiger partial charge in [0.1, 0.15) is 0 Å². The van der Waals surface area contributed by atoms with Gasteiger partial charge in [-0.05, 0) is 6.42 Å². The van der Waals surface area contributed by atoms with E-state index < -0.39 is 21.9 Å². The highest BCUT2D eigenvalue weighted by molar-refractivity contribution is 7.89. The molecule has 6 nitrogen and oxygen atoms in total. The highest BCUT2D eigenvalue weighted by Gasteiger charge is 2.25. The van der Waals surface area contributed by atoms with Gasteiger partial charge in [-0.25, -0.2) is 12.7 Å². The molecule has 0 aromatic rings. The van der Waals surface area contributed by atoms with E-state index in [2.05, 4.69) is 0 Å². The van der Waals surface area contributed by atoms with E-state index in [-0.39, 0.29) is 18.4 Å². The second kappa shape index (κ2) is 6.93. The molecule has 0 saturated heterocycles. The van der Waals surface area contributed by atoms with E-state index >= 15 is 0 Å². The summed E-state index contributed by atoms with van der Waals surface area (Å²) in [6.45, 7) is 3.28. The van der Waals surface area contributed by atoms with E-state index in [0.29, 0.717) is 6.42 Å². The van der Waals surface area contributed by atoms with Crippen LogP contribution in [-0.2, 0) is 19.6 Å². The van der Waals surface area contributed by atoms with E-state index in [4.69, 9.17) is 9.84 Å². The van der Waals surface area contributed by atoms with Crippen LogP contribution >= 0.6 is 0 Å². The van der Waals surface area contributed by atoms with Crippen molar-refractivity contribution >= 4 is 16.0 Å². The largest absolute Gasteiger partial charge is 0.481 e. The van der Waals surface area contributed by atoms with E-state index in [1.807, 2.05) is 6.92 Å². The Hall–Kier alpha value is -0.660. The standard InChI is InChI=1S/C10H21NO5S/c1-5-9(16-4)7-17(14,15)11(3)6-8(2)10(12)13/h8-9H,5-7H2,1-4H3,(H,12,13). The highest BCUT2D eigenvalue weighted by Crippen LogP contribution is 2.08. The molecule has 0 aromatic carbocycles.